The summed E-state index contributed by atoms with van der Waals surface area (Å²) in [6.07, 6.45) is 2.27. The van der Waals surface area contributed by atoms with Crippen LogP contribution in [-0.4, -0.2) is 47.0 Å². The second-order valence-electron chi connectivity index (χ2n) is 6.93. The van der Waals surface area contributed by atoms with E-state index in [0.717, 1.165) is 24.4 Å². The molecule has 1 aliphatic carbocycles. The van der Waals surface area contributed by atoms with Gasteiger partial charge in [0, 0.05) is 37.8 Å². The van der Waals surface area contributed by atoms with Crippen LogP contribution in [0.15, 0.2) is 18.2 Å². The van der Waals surface area contributed by atoms with Gasteiger partial charge in [0.15, 0.2) is 0 Å². The molecule has 1 saturated carbocycles. The van der Waals surface area contributed by atoms with Crippen LogP contribution in [0.2, 0.25) is 0 Å². The molecular weight excluding hydrogens is 333 g/mol. The molecule has 0 radical (unpaired) electrons. The predicted molar refractivity (Wildman–Crippen MR) is 94.5 cm³/mol. The first-order valence-electron chi connectivity index (χ1n) is 8.87. The number of rotatable bonds is 3. The summed E-state index contributed by atoms with van der Waals surface area (Å²) in [6, 6.07) is 6.43. The van der Waals surface area contributed by atoms with Crippen LogP contribution in [-0.2, 0) is 0 Å². The molecule has 1 aromatic carbocycles. The van der Waals surface area contributed by atoms with Crippen molar-refractivity contribution < 1.29 is 9.18 Å². The lowest BCUT2D eigenvalue weighted by Gasteiger charge is -2.36. The van der Waals surface area contributed by atoms with Gasteiger partial charge in [-0.1, -0.05) is 0 Å². The van der Waals surface area contributed by atoms with Crippen molar-refractivity contribution in [3.63, 3.8) is 0 Å². The van der Waals surface area contributed by atoms with Crippen LogP contribution in [0.5, 0.6) is 0 Å². The first kappa shape index (κ1) is 16.6. The Morgan fingerprint density at radius 3 is 2.65 bits per heavy atom. The SMILES string of the molecule is Cc1[nH]c(C2CC2)nc1C(=O)N1CCN(c2ccc(C#N)cc2F)CC1. The van der Waals surface area contributed by atoms with E-state index in [1.54, 1.807) is 17.0 Å². The molecule has 2 heterocycles. The normalized spacial score (nSPS) is 17.3. The number of nitrogens with one attached hydrogen (secondary N) is 1. The highest BCUT2D eigenvalue weighted by Crippen LogP contribution is 2.38. The van der Waals surface area contributed by atoms with Crippen molar-refractivity contribution in [1.29, 1.82) is 5.26 Å². The van der Waals surface area contributed by atoms with Crippen LogP contribution in [0, 0.1) is 24.1 Å². The molecule has 1 amide bonds. The number of hydrogen-bond donors (Lipinski definition) is 1. The van der Waals surface area contributed by atoms with Gasteiger partial charge < -0.3 is 14.8 Å². The van der Waals surface area contributed by atoms with Crippen molar-refractivity contribution in [2.75, 3.05) is 31.1 Å². The van der Waals surface area contributed by atoms with Gasteiger partial charge in [-0.25, -0.2) is 9.37 Å². The number of halogens is 1. The first-order chi connectivity index (χ1) is 12.6. The largest absolute Gasteiger partial charge is 0.366 e. The van der Waals surface area contributed by atoms with Gasteiger partial charge in [0.2, 0.25) is 0 Å². The fourth-order valence-electron chi connectivity index (χ4n) is 3.38. The summed E-state index contributed by atoms with van der Waals surface area (Å²) >= 11 is 0. The zero-order chi connectivity index (χ0) is 18.3. The number of hydrogen-bond acceptors (Lipinski definition) is 4. The molecule has 26 heavy (non-hydrogen) atoms. The number of carbonyl (C=O) groups is 1. The van der Waals surface area contributed by atoms with Gasteiger partial charge in [0.1, 0.15) is 17.3 Å². The van der Waals surface area contributed by atoms with Crippen LogP contribution in [0.25, 0.3) is 0 Å². The van der Waals surface area contributed by atoms with E-state index in [0.29, 0.717) is 49.0 Å². The molecule has 4 rings (SSSR count). The van der Waals surface area contributed by atoms with E-state index in [-0.39, 0.29) is 5.91 Å². The molecule has 6 nitrogen and oxygen atoms in total. The minimum atomic E-state index is -0.402. The van der Waals surface area contributed by atoms with E-state index in [1.165, 1.54) is 6.07 Å². The molecule has 2 aromatic rings. The van der Waals surface area contributed by atoms with E-state index in [4.69, 9.17) is 5.26 Å². The smallest absolute Gasteiger partial charge is 0.274 e. The molecule has 0 unspecified atom stereocenters. The summed E-state index contributed by atoms with van der Waals surface area (Å²) in [7, 11) is 0. The van der Waals surface area contributed by atoms with Gasteiger partial charge in [-0.15, -0.1) is 0 Å². The molecule has 2 fully saturated rings. The van der Waals surface area contributed by atoms with Crippen molar-refractivity contribution in [2.24, 2.45) is 0 Å². The highest BCUT2D eigenvalue weighted by atomic mass is 19.1. The zero-order valence-corrected chi connectivity index (χ0v) is 14.6. The average Bonchev–Trinajstić information content (AvgIpc) is 3.43. The molecule has 1 aliphatic heterocycles. The van der Waals surface area contributed by atoms with Gasteiger partial charge in [0.25, 0.3) is 5.91 Å². The molecule has 1 N–H and O–H groups in total. The molecule has 0 bridgehead atoms. The monoisotopic (exact) mass is 353 g/mol. The van der Waals surface area contributed by atoms with Gasteiger partial charge >= 0.3 is 0 Å². The molecule has 1 saturated heterocycles. The maximum absolute atomic E-state index is 14.2. The Morgan fingerprint density at radius 1 is 1.31 bits per heavy atom. The summed E-state index contributed by atoms with van der Waals surface area (Å²) in [5, 5.41) is 8.85. The standard InChI is InChI=1S/C19H20FN5O/c1-12-17(23-18(22-12)14-3-4-14)19(26)25-8-6-24(7-9-25)16-5-2-13(11-21)10-15(16)20/h2,5,10,14H,3-4,6-9H2,1H3,(H,22,23). The Balaban J connectivity index is 1.43. The number of carbonyl (C=O) groups excluding carboxylic acids is 1. The number of benzene rings is 1. The molecule has 2 aliphatic rings. The van der Waals surface area contributed by atoms with Crippen molar-refractivity contribution in [2.45, 2.75) is 25.7 Å². The summed E-state index contributed by atoms with van der Waals surface area (Å²) in [5.74, 6) is 0.933. The number of nitriles is 1. The Morgan fingerprint density at radius 2 is 2.04 bits per heavy atom. The summed E-state index contributed by atoms with van der Waals surface area (Å²) in [5.41, 5.74) is 2.10. The lowest BCUT2D eigenvalue weighted by Crippen LogP contribution is -2.49. The van der Waals surface area contributed by atoms with Crippen LogP contribution < -0.4 is 4.90 Å². The fraction of sp³-hybridized carbons (Fsp3) is 0.421. The molecule has 0 spiro atoms. The third kappa shape index (κ3) is 3.03. The van der Waals surface area contributed by atoms with Gasteiger partial charge in [-0.3, -0.25) is 4.79 Å². The van der Waals surface area contributed by atoms with E-state index < -0.39 is 5.82 Å². The van der Waals surface area contributed by atoms with E-state index in [1.807, 2.05) is 17.9 Å². The summed E-state index contributed by atoms with van der Waals surface area (Å²) in [4.78, 5) is 24.2. The third-order valence-electron chi connectivity index (χ3n) is 5.05. The number of amides is 1. The fourth-order valence-corrected chi connectivity index (χ4v) is 3.38. The Bertz CT molecular complexity index is 888. The lowest BCUT2D eigenvalue weighted by molar-refractivity contribution is 0.0740. The first-order valence-corrected chi connectivity index (χ1v) is 8.87. The van der Waals surface area contributed by atoms with E-state index >= 15 is 0 Å². The summed E-state index contributed by atoms with van der Waals surface area (Å²) in [6.45, 7) is 4.02. The number of H-pyrrole nitrogens is 1. The maximum Gasteiger partial charge on any atom is 0.274 e. The number of aromatic nitrogens is 2. The Hall–Kier alpha value is -2.88. The molecule has 0 atom stereocenters. The number of piperazine rings is 1. The third-order valence-corrected chi connectivity index (χ3v) is 5.05. The maximum atomic E-state index is 14.2. The Kier molecular flexibility index (Phi) is 4.11. The zero-order valence-electron chi connectivity index (χ0n) is 14.6. The minimum Gasteiger partial charge on any atom is -0.366 e. The number of anilines is 1. The molecule has 134 valence electrons. The van der Waals surface area contributed by atoms with E-state index in [2.05, 4.69) is 9.97 Å². The average molecular weight is 353 g/mol. The summed E-state index contributed by atoms with van der Waals surface area (Å²) < 4.78 is 14.2. The number of aryl methyl sites for hydroxylation is 1. The molecular formula is C19H20FN5O. The van der Waals surface area contributed by atoms with Crippen LogP contribution in [0.4, 0.5) is 10.1 Å². The molecule has 7 heteroatoms. The molecule has 1 aromatic heterocycles. The minimum absolute atomic E-state index is 0.0643. The van der Waals surface area contributed by atoms with Crippen LogP contribution >= 0.6 is 0 Å². The van der Waals surface area contributed by atoms with Crippen LogP contribution in [0.1, 0.15) is 46.3 Å². The topological polar surface area (TPSA) is 76.0 Å². The van der Waals surface area contributed by atoms with Crippen molar-refractivity contribution >= 4 is 11.6 Å². The lowest BCUT2D eigenvalue weighted by atomic mass is 10.1. The second kappa shape index (κ2) is 6.45. The van der Waals surface area contributed by atoms with Crippen LogP contribution in [0.3, 0.4) is 0 Å². The highest BCUT2D eigenvalue weighted by Gasteiger charge is 2.31. The van der Waals surface area contributed by atoms with Gasteiger partial charge in [-0.2, -0.15) is 5.26 Å². The van der Waals surface area contributed by atoms with Crippen molar-refractivity contribution in [3.8, 4) is 6.07 Å². The Labute approximate surface area is 151 Å². The number of aromatic amines is 1. The predicted octanol–water partition coefficient (Wildman–Crippen LogP) is 2.57. The highest BCUT2D eigenvalue weighted by molar-refractivity contribution is 5.93. The van der Waals surface area contributed by atoms with E-state index in [9.17, 15) is 9.18 Å². The van der Waals surface area contributed by atoms with Gasteiger partial charge in [0.05, 0.1) is 17.3 Å². The quantitative estimate of drug-likeness (QED) is 0.920. The van der Waals surface area contributed by atoms with Crippen molar-refractivity contribution in [1.82, 2.24) is 14.9 Å². The second-order valence-corrected chi connectivity index (χ2v) is 6.93. The van der Waals surface area contributed by atoms with Gasteiger partial charge in [-0.05, 0) is 38.0 Å². The number of nitrogens with zero attached hydrogens (tertiary/aromatic N) is 4. The number of imidazole rings is 1. The van der Waals surface area contributed by atoms with Crippen molar-refractivity contribution in [3.05, 3.63) is 46.8 Å².